The first-order valence-electron chi connectivity index (χ1n) is 8.27. The van der Waals surface area contributed by atoms with Crippen molar-refractivity contribution in [2.75, 3.05) is 13.2 Å². The lowest BCUT2D eigenvalue weighted by Gasteiger charge is -2.23. The molecule has 21 heavy (non-hydrogen) atoms. The average molecular weight is 291 g/mol. The van der Waals surface area contributed by atoms with Gasteiger partial charge in [-0.1, -0.05) is 6.92 Å². The topological polar surface area (TPSA) is 42.7 Å². The molecule has 3 rings (SSSR count). The highest BCUT2D eigenvalue weighted by atomic mass is 16.5. The Balaban J connectivity index is 1.58. The number of carbonyl (C=O) groups excluding carboxylic acids is 1. The molecule has 1 aromatic heterocycles. The van der Waals surface area contributed by atoms with Crippen LogP contribution < -0.4 is 0 Å². The number of likely N-dealkylation sites (tertiary alicyclic amines) is 1. The van der Waals surface area contributed by atoms with Crippen LogP contribution in [0.15, 0.2) is 16.5 Å². The monoisotopic (exact) mass is 291 g/mol. The van der Waals surface area contributed by atoms with Crippen LogP contribution in [0.2, 0.25) is 0 Å². The average Bonchev–Trinajstić information content (AvgIpc) is 3.23. The van der Waals surface area contributed by atoms with E-state index in [9.17, 15) is 4.79 Å². The summed E-state index contributed by atoms with van der Waals surface area (Å²) in [6, 6.07) is 4.21. The maximum absolute atomic E-state index is 12.5. The molecule has 0 bridgehead atoms. The van der Waals surface area contributed by atoms with E-state index in [4.69, 9.17) is 9.15 Å². The van der Waals surface area contributed by atoms with Gasteiger partial charge < -0.3 is 14.1 Å². The van der Waals surface area contributed by atoms with Gasteiger partial charge in [0.1, 0.15) is 11.5 Å². The Morgan fingerprint density at radius 2 is 2.24 bits per heavy atom. The molecule has 2 aliphatic rings. The Morgan fingerprint density at radius 1 is 1.33 bits per heavy atom. The molecule has 116 valence electrons. The number of rotatable bonds is 5. The fraction of sp³-hybridized carbons (Fsp3) is 0.706. The van der Waals surface area contributed by atoms with Gasteiger partial charge in [-0.05, 0) is 44.2 Å². The Bertz CT molecular complexity index is 476. The smallest absolute Gasteiger partial charge is 0.223 e. The molecule has 0 aromatic carbocycles. The molecule has 2 saturated heterocycles. The lowest BCUT2D eigenvalue weighted by atomic mass is 10.1. The van der Waals surface area contributed by atoms with E-state index in [2.05, 4.69) is 6.92 Å². The zero-order valence-electron chi connectivity index (χ0n) is 12.8. The molecule has 0 saturated carbocycles. The number of ether oxygens (including phenoxy) is 1. The molecule has 0 N–H and O–H groups in total. The van der Waals surface area contributed by atoms with Crippen LogP contribution in [0.4, 0.5) is 0 Å². The van der Waals surface area contributed by atoms with Crippen molar-refractivity contribution in [1.82, 2.24) is 4.90 Å². The zero-order chi connectivity index (χ0) is 14.7. The number of aryl methyl sites for hydroxylation is 1. The van der Waals surface area contributed by atoms with Gasteiger partial charge in [-0.2, -0.15) is 0 Å². The minimum absolute atomic E-state index is 0.141. The van der Waals surface area contributed by atoms with Crippen molar-refractivity contribution >= 4 is 5.91 Å². The highest BCUT2D eigenvalue weighted by molar-refractivity contribution is 5.77. The van der Waals surface area contributed by atoms with Crippen molar-refractivity contribution in [2.24, 2.45) is 0 Å². The quantitative estimate of drug-likeness (QED) is 0.834. The summed E-state index contributed by atoms with van der Waals surface area (Å²) in [6.45, 7) is 3.80. The van der Waals surface area contributed by atoms with Gasteiger partial charge >= 0.3 is 0 Å². The first-order valence-corrected chi connectivity index (χ1v) is 8.27. The van der Waals surface area contributed by atoms with Gasteiger partial charge in [-0.3, -0.25) is 4.79 Å². The first kappa shape index (κ1) is 14.6. The number of furan rings is 1. The molecule has 0 radical (unpaired) electrons. The summed E-state index contributed by atoms with van der Waals surface area (Å²) in [6.07, 6.45) is 6.99. The Hall–Kier alpha value is -1.29. The molecule has 3 heterocycles. The van der Waals surface area contributed by atoms with Crippen LogP contribution in [0.25, 0.3) is 0 Å². The van der Waals surface area contributed by atoms with Gasteiger partial charge in [0, 0.05) is 26.0 Å². The summed E-state index contributed by atoms with van der Waals surface area (Å²) in [7, 11) is 0. The van der Waals surface area contributed by atoms with Crippen LogP contribution in [0.5, 0.6) is 0 Å². The van der Waals surface area contributed by atoms with Gasteiger partial charge in [0.2, 0.25) is 5.91 Å². The third kappa shape index (κ3) is 3.31. The van der Waals surface area contributed by atoms with Crippen LogP contribution in [0.3, 0.4) is 0 Å². The van der Waals surface area contributed by atoms with E-state index in [1.54, 1.807) is 0 Å². The van der Waals surface area contributed by atoms with Gasteiger partial charge in [-0.25, -0.2) is 0 Å². The minimum Gasteiger partial charge on any atom is -0.464 e. The molecule has 4 heteroatoms. The molecule has 1 amide bonds. The summed E-state index contributed by atoms with van der Waals surface area (Å²) in [5, 5.41) is 0. The summed E-state index contributed by atoms with van der Waals surface area (Å²) in [4.78, 5) is 14.5. The minimum atomic E-state index is 0.141. The second kappa shape index (κ2) is 6.65. The number of nitrogens with zero attached hydrogens (tertiary/aromatic N) is 1. The lowest BCUT2D eigenvalue weighted by molar-refractivity contribution is -0.133. The summed E-state index contributed by atoms with van der Waals surface area (Å²) in [5.74, 6) is 2.21. The van der Waals surface area contributed by atoms with Crippen LogP contribution in [0.1, 0.15) is 63.0 Å². The second-order valence-electron chi connectivity index (χ2n) is 6.08. The van der Waals surface area contributed by atoms with Crippen molar-refractivity contribution in [2.45, 2.75) is 64.0 Å². The maximum Gasteiger partial charge on any atom is 0.223 e. The van der Waals surface area contributed by atoms with Gasteiger partial charge in [0.25, 0.3) is 0 Å². The predicted molar refractivity (Wildman–Crippen MR) is 80.0 cm³/mol. The molecule has 2 fully saturated rings. The third-order valence-electron chi connectivity index (χ3n) is 4.64. The SMILES string of the molecule is CCc1ccc(C2CCCN2C(=O)CCC2CCCO2)o1. The van der Waals surface area contributed by atoms with E-state index in [0.717, 1.165) is 63.2 Å². The number of amides is 1. The van der Waals surface area contributed by atoms with Crippen molar-refractivity contribution < 1.29 is 13.9 Å². The fourth-order valence-corrected chi connectivity index (χ4v) is 3.42. The predicted octanol–water partition coefficient (Wildman–Crippen LogP) is 3.46. The van der Waals surface area contributed by atoms with E-state index in [1.165, 1.54) is 0 Å². The molecule has 4 nitrogen and oxygen atoms in total. The standard InChI is InChI=1S/C17H25NO3/c1-2-13-7-9-16(21-13)15-6-3-11-18(15)17(19)10-8-14-5-4-12-20-14/h7,9,14-15H,2-6,8,10-12H2,1H3. The van der Waals surface area contributed by atoms with E-state index in [0.29, 0.717) is 12.5 Å². The molecule has 1 aromatic rings. The van der Waals surface area contributed by atoms with Gasteiger partial charge in [-0.15, -0.1) is 0 Å². The molecule has 0 aliphatic carbocycles. The zero-order valence-corrected chi connectivity index (χ0v) is 12.8. The molecule has 2 unspecified atom stereocenters. The van der Waals surface area contributed by atoms with Crippen LogP contribution >= 0.6 is 0 Å². The maximum atomic E-state index is 12.5. The van der Waals surface area contributed by atoms with Crippen molar-refractivity contribution in [1.29, 1.82) is 0 Å². The normalized spacial score (nSPS) is 25.7. The first-order chi connectivity index (χ1) is 10.3. The molecule has 2 atom stereocenters. The van der Waals surface area contributed by atoms with Crippen LogP contribution in [0, 0.1) is 0 Å². The van der Waals surface area contributed by atoms with Gasteiger partial charge in [0.15, 0.2) is 0 Å². The number of hydrogen-bond acceptors (Lipinski definition) is 3. The molecular weight excluding hydrogens is 266 g/mol. The number of hydrogen-bond donors (Lipinski definition) is 0. The Morgan fingerprint density at radius 3 is 2.95 bits per heavy atom. The Kier molecular flexibility index (Phi) is 4.63. The van der Waals surface area contributed by atoms with Crippen molar-refractivity contribution in [3.8, 4) is 0 Å². The largest absolute Gasteiger partial charge is 0.464 e. The second-order valence-corrected chi connectivity index (χ2v) is 6.08. The Labute approximate surface area is 126 Å². The van der Waals surface area contributed by atoms with E-state index in [-0.39, 0.29) is 11.9 Å². The highest BCUT2D eigenvalue weighted by Crippen LogP contribution is 2.34. The molecule has 0 spiro atoms. The number of carbonyl (C=O) groups is 1. The van der Waals surface area contributed by atoms with Crippen LogP contribution in [-0.2, 0) is 16.0 Å². The summed E-state index contributed by atoms with van der Waals surface area (Å²) in [5.41, 5.74) is 0. The van der Waals surface area contributed by atoms with E-state index in [1.807, 2.05) is 17.0 Å². The van der Waals surface area contributed by atoms with Crippen LogP contribution in [-0.4, -0.2) is 30.1 Å². The van der Waals surface area contributed by atoms with E-state index >= 15 is 0 Å². The fourth-order valence-electron chi connectivity index (χ4n) is 3.42. The third-order valence-corrected chi connectivity index (χ3v) is 4.64. The summed E-state index contributed by atoms with van der Waals surface area (Å²) < 4.78 is 11.5. The lowest BCUT2D eigenvalue weighted by Crippen LogP contribution is -2.30. The highest BCUT2D eigenvalue weighted by Gasteiger charge is 2.32. The van der Waals surface area contributed by atoms with Crippen molar-refractivity contribution in [3.63, 3.8) is 0 Å². The summed E-state index contributed by atoms with van der Waals surface area (Å²) >= 11 is 0. The molecule has 2 aliphatic heterocycles. The van der Waals surface area contributed by atoms with Crippen molar-refractivity contribution in [3.05, 3.63) is 23.7 Å². The van der Waals surface area contributed by atoms with E-state index < -0.39 is 0 Å². The molecular formula is C17H25NO3. The van der Waals surface area contributed by atoms with Gasteiger partial charge in [0.05, 0.1) is 12.1 Å².